The molecule has 0 aliphatic carbocycles. The Kier molecular flexibility index (Phi) is 6.46. The highest BCUT2D eigenvalue weighted by Gasteiger charge is 2.23. The number of aryl methyl sites for hydroxylation is 2. The number of anilines is 1. The number of hydrogen-bond donors (Lipinski definition) is 2. The first-order valence-corrected chi connectivity index (χ1v) is 9.74. The monoisotopic (exact) mass is 384 g/mol. The van der Waals surface area contributed by atoms with E-state index in [2.05, 4.69) is 15.4 Å². The van der Waals surface area contributed by atoms with Crippen LogP contribution in [0, 0.1) is 19.8 Å². The zero-order valence-corrected chi connectivity index (χ0v) is 16.5. The van der Waals surface area contributed by atoms with Crippen LogP contribution in [0.5, 0.6) is 0 Å². The quantitative estimate of drug-likeness (QED) is 0.764. The van der Waals surface area contributed by atoms with E-state index < -0.39 is 0 Å². The largest absolute Gasteiger partial charge is 0.369 e. The second kappa shape index (κ2) is 9.01. The highest BCUT2D eigenvalue weighted by atomic mass is 16.5. The lowest BCUT2D eigenvalue weighted by Gasteiger charge is -2.31. The van der Waals surface area contributed by atoms with Crippen LogP contribution in [0.15, 0.2) is 28.8 Å². The Labute approximate surface area is 165 Å². The molecule has 2 amide bonds. The Bertz CT molecular complexity index is 809. The number of likely N-dealkylation sites (tertiary alicyclic amines) is 1. The number of nitrogens with one attached hydrogen (secondary N) is 1. The van der Waals surface area contributed by atoms with Gasteiger partial charge in [-0.05, 0) is 57.4 Å². The van der Waals surface area contributed by atoms with Crippen molar-refractivity contribution in [3.8, 4) is 0 Å². The SMILES string of the molecule is Cc1noc(C)c1CCC(=O)Nc1ccc(CN2CCC[C@H](C(N)=O)C2)cc1. The van der Waals surface area contributed by atoms with E-state index >= 15 is 0 Å². The van der Waals surface area contributed by atoms with Crippen LogP contribution in [0.3, 0.4) is 0 Å². The molecule has 1 saturated heterocycles. The van der Waals surface area contributed by atoms with E-state index in [1.807, 2.05) is 38.1 Å². The molecule has 7 heteroatoms. The molecule has 1 atom stereocenters. The molecule has 0 saturated carbocycles. The van der Waals surface area contributed by atoms with Crippen molar-refractivity contribution in [2.45, 2.75) is 46.1 Å². The summed E-state index contributed by atoms with van der Waals surface area (Å²) < 4.78 is 5.13. The Morgan fingerprint density at radius 1 is 1.29 bits per heavy atom. The van der Waals surface area contributed by atoms with E-state index in [9.17, 15) is 9.59 Å². The van der Waals surface area contributed by atoms with Crippen LogP contribution in [0.1, 0.15) is 41.8 Å². The second-order valence-electron chi connectivity index (χ2n) is 7.52. The molecule has 2 aromatic rings. The lowest BCUT2D eigenvalue weighted by molar-refractivity contribution is -0.123. The third-order valence-corrected chi connectivity index (χ3v) is 5.34. The van der Waals surface area contributed by atoms with Crippen molar-refractivity contribution < 1.29 is 14.1 Å². The fourth-order valence-corrected chi connectivity index (χ4v) is 3.70. The number of amides is 2. The van der Waals surface area contributed by atoms with Crippen LogP contribution >= 0.6 is 0 Å². The van der Waals surface area contributed by atoms with Gasteiger partial charge in [0.25, 0.3) is 0 Å². The number of rotatable bonds is 7. The van der Waals surface area contributed by atoms with Crippen molar-refractivity contribution in [2.75, 3.05) is 18.4 Å². The molecule has 1 aliphatic rings. The lowest BCUT2D eigenvalue weighted by Crippen LogP contribution is -2.40. The normalized spacial score (nSPS) is 17.4. The zero-order valence-electron chi connectivity index (χ0n) is 16.5. The summed E-state index contributed by atoms with van der Waals surface area (Å²) in [5.41, 5.74) is 9.22. The van der Waals surface area contributed by atoms with E-state index in [0.717, 1.165) is 60.7 Å². The molecule has 0 bridgehead atoms. The van der Waals surface area contributed by atoms with E-state index in [4.69, 9.17) is 10.3 Å². The van der Waals surface area contributed by atoms with Gasteiger partial charge in [-0.1, -0.05) is 17.3 Å². The molecule has 2 heterocycles. The first-order valence-electron chi connectivity index (χ1n) is 9.74. The molecular formula is C21H28N4O3. The van der Waals surface area contributed by atoms with E-state index in [1.165, 1.54) is 0 Å². The van der Waals surface area contributed by atoms with Gasteiger partial charge in [0.15, 0.2) is 0 Å². The number of hydrogen-bond acceptors (Lipinski definition) is 5. The predicted molar refractivity (Wildman–Crippen MR) is 107 cm³/mol. The molecule has 1 aliphatic heterocycles. The van der Waals surface area contributed by atoms with Crippen molar-refractivity contribution in [1.82, 2.24) is 10.1 Å². The van der Waals surface area contributed by atoms with Crippen molar-refractivity contribution in [3.63, 3.8) is 0 Å². The molecule has 28 heavy (non-hydrogen) atoms. The number of piperidine rings is 1. The average molecular weight is 384 g/mol. The van der Waals surface area contributed by atoms with Crippen molar-refractivity contribution in [3.05, 3.63) is 46.8 Å². The summed E-state index contributed by atoms with van der Waals surface area (Å²) in [5.74, 6) is 0.475. The summed E-state index contributed by atoms with van der Waals surface area (Å²) in [7, 11) is 0. The van der Waals surface area contributed by atoms with Crippen LogP contribution in [-0.4, -0.2) is 35.0 Å². The molecular weight excluding hydrogens is 356 g/mol. The number of nitrogens with zero attached hydrogens (tertiary/aromatic N) is 2. The molecule has 0 radical (unpaired) electrons. The Morgan fingerprint density at radius 3 is 2.68 bits per heavy atom. The molecule has 1 aromatic heterocycles. The fraction of sp³-hybridized carbons (Fsp3) is 0.476. The molecule has 0 spiro atoms. The molecule has 150 valence electrons. The minimum absolute atomic E-state index is 0.0342. The predicted octanol–water partition coefficient (Wildman–Crippen LogP) is 2.56. The van der Waals surface area contributed by atoms with Crippen LogP contribution in [-0.2, 0) is 22.6 Å². The van der Waals surface area contributed by atoms with E-state index in [0.29, 0.717) is 12.8 Å². The topological polar surface area (TPSA) is 101 Å². The van der Waals surface area contributed by atoms with Gasteiger partial charge in [-0.3, -0.25) is 14.5 Å². The Balaban J connectivity index is 1.48. The maximum Gasteiger partial charge on any atom is 0.224 e. The highest BCUT2D eigenvalue weighted by molar-refractivity contribution is 5.90. The third kappa shape index (κ3) is 5.19. The van der Waals surface area contributed by atoms with Gasteiger partial charge in [0, 0.05) is 30.8 Å². The van der Waals surface area contributed by atoms with Gasteiger partial charge < -0.3 is 15.6 Å². The first-order chi connectivity index (χ1) is 13.4. The standard InChI is InChI=1S/C21H28N4O3/c1-14-19(15(2)28-24-14)9-10-20(26)23-18-7-5-16(6-8-18)12-25-11-3-4-17(13-25)21(22)27/h5-8,17H,3-4,9-13H2,1-2H3,(H2,22,27)(H,23,26)/t17-/m0/s1. The number of nitrogens with two attached hydrogens (primary N) is 1. The first kappa shape index (κ1) is 20.1. The number of carbonyl (C=O) groups excluding carboxylic acids is 2. The maximum atomic E-state index is 12.2. The van der Waals surface area contributed by atoms with Gasteiger partial charge in [-0.15, -0.1) is 0 Å². The van der Waals surface area contributed by atoms with Gasteiger partial charge >= 0.3 is 0 Å². The summed E-state index contributed by atoms with van der Waals surface area (Å²) in [4.78, 5) is 25.9. The van der Waals surface area contributed by atoms with Crippen molar-refractivity contribution in [1.29, 1.82) is 0 Å². The number of primary amides is 1. The molecule has 7 nitrogen and oxygen atoms in total. The molecule has 3 N–H and O–H groups in total. The zero-order chi connectivity index (χ0) is 20.1. The van der Waals surface area contributed by atoms with E-state index in [-0.39, 0.29) is 17.7 Å². The number of carbonyl (C=O) groups is 2. The van der Waals surface area contributed by atoms with E-state index in [1.54, 1.807) is 0 Å². The summed E-state index contributed by atoms with van der Waals surface area (Å²) >= 11 is 0. The summed E-state index contributed by atoms with van der Waals surface area (Å²) in [6.07, 6.45) is 2.87. The molecule has 1 aromatic carbocycles. The molecule has 0 unspecified atom stereocenters. The Hall–Kier alpha value is -2.67. The fourth-order valence-electron chi connectivity index (χ4n) is 3.70. The summed E-state index contributed by atoms with van der Waals surface area (Å²) in [5, 5.41) is 6.84. The minimum Gasteiger partial charge on any atom is -0.369 e. The molecule has 1 fully saturated rings. The van der Waals surface area contributed by atoms with Gasteiger partial charge in [0.2, 0.25) is 11.8 Å². The average Bonchev–Trinajstić information content (AvgIpc) is 2.99. The van der Waals surface area contributed by atoms with Gasteiger partial charge in [-0.2, -0.15) is 0 Å². The van der Waals surface area contributed by atoms with Gasteiger partial charge in [0.1, 0.15) is 5.76 Å². The van der Waals surface area contributed by atoms with Crippen LogP contribution < -0.4 is 11.1 Å². The number of aromatic nitrogens is 1. The number of benzene rings is 1. The van der Waals surface area contributed by atoms with Gasteiger partial charge in [0.05, 0.1) is 11.6 Å². The maximum absolute atomic E-state index is 12.2. The lowest BCUT2D eigenvalue weighted by atomic mass is 9.97. The van der Waals surface area contributed by atoms with Crippen LogP contribution in [0.25, 0.3) is 0 Å². The van der Waals surface area contributed by atoms with Crippen LogP contribution in [0.2, 0.25) is 0 Å². The third-order valence-electron chi connectivity index (χ3n) is 5.34. The minimum atomic E-state index is -0.209. The smallest absolute Gasteiger partial charge is 0.224 e. The van der Waals surface area contributed by atoms with Crippen molar-refractivity contribution in [2.24, 2.45) is 11.7 Å². The second-order valence-corrected chi connectivity index (χ2v) is 7.52. The van der Waals surface area contributed by atoms with Crippen LogP contribution in [0.4, 0.5) is 5.69 Å². The Morgan fingerprint density at radius 2 is 2.04 bits per heavy atom. The van der Waals surface area contributed by atoms with Gasteiger partial charge in [-0.25, -0.2) is 0 Å². The van der Waals surface area contributed by atoms with Crippen molar-refractivity contribution >= 4 is 17.5 Å². The summed E-state index contributed by atoms with van der Waals surface area (Å²) in [6.45, 7) is 6.22. The summed E-state index contributed by atoms with van der Waals surface area (Å²) in [6, 6.07) is 7.85. The molecule has 3 rings (SSSR count). The highest BCUT2D eigenvalue weighted by Crippen LogP contribution is 2.20.